The van der Waals surface area contributed by atoms with E-state index >= 15 is 0 Å². The van der Waals surface area contributed by atoms with Gasteiger partial charge in [-0.1, -0.05) is 12.1 Å². The second-order valence-electron chi connectivity index (χ2n) is 7.23. The Kier molecular flexibility index (Phi) is 3.57. The van der Waals surface area contributed by atoms with Gasteiger partial charge in [-0.15, -0.1) is 0 Å². The number of nitrogens with two attached hydrogens (primary N) is 1. The van der Waals surface area contributed by atoms with Crippen molar-refractivity contribution in [3.8, 4) is 11.8 Å². The zero-order valence-electron chi connectivity index (χ0n) is 15.4. The van der Waals surface area contributed by atoms with Gasteiger partial charge >= 0.3 is 5.69 Å². The molecule has 0 atom stereocenters. The minimum Gasteiger partial charge on any atom is -0.399 e. The molecular formula is C21H19N5O. The summed E-state index contributed by atoms with van der Waals surface area (Å²) in [6.45, 7) is 3.74. The molecule has 27 heavy (non-hydrogen) atoms. The van der Waals surface area contributed by atoms with Gasteiger partial charge in [-0.05, 0) is 49.7 Å². The SMILES string of the molecule is Cn1c(=O)n(-c2ccc(C(C)(C)C#N)cc2)c2c3cc(N)ccc3ncc21. The summed E-state index contributed by atoms with van der Waals surface area (Å²) < 4.78 is 3.25. The number of rotatable bonds is 2. The predicted molar refractivity (Wildman–Crippen MR) is 107 cm³/mol. The summed E-state index contributed by atoms with van der Waals surface area (Å²) in [7, 11) is 1.73. The van der Waals surface area contributed by atoms with E-state index < -0.39 is 5.41 Å². The van der Waals surface area contributed by atoms with E-state index in [0.717, 1.165) is 33.2 Å². The fourth-order valence-electron chi connectivity index (χ4n) is 3.35. The molecule has 134 valence electrons. The molecule has 0 aliphatic heterocycles. The maximum absolute atomic E-state index is 13.0. The number of hydrogen-bond donors (Lipinski definition) is 1. The van der Waals surface area contributed by atoms with Crippen LogP contribution < -0.4 is 11.4 Å². The third-order valence-electron chi connectivity index (χ3n) is 5.03. The highest BCUT2D eigenvalue weighted by Gasteiger charge is 2.21. The van der Waals surface area contributed by atoms with Gasteiger partial charge in [0.05, 0.1) is 39.9 Å². The number of pyridine rings is 1. The minimum absolute atomic E-state index is 0.158. The number of nitriles is 1. The Hall–Kier alpha value is -3.59. The molecule has 0 fully saturated rings. The molecule has 0 aliphatic rings. The van der Waals surface area contributed by atoms with Gasteiger partial charge in [0.1, 0.15) is 0 Å². The van der Waals surface area contributed by atoms with E-state index in [1.54, 1.807) is 28.4 Å². The highest BCUT2D eigenvalue weighted by atomic mass is 16.1. The van der Waals surface area contributed by atoms with Gasteiger partial charge in [0.25, 0.3) is 0 Å². The summed E-state index contributed by atoms with van der Waals surface area (Å²) in [5.74, 6) is 0. The Labute approximate surface area is 156 Å². The molecule has 4 rings (SSSR count). The van der Waals surface area contributed by atoms with Crippen molar-refractivity contribution >= 4 is 27.6 Å². The number of aromatic nitrogens is 3. The van der Waals surface area contributed by atoms with E-state index in [1.807, 2.05) is 50.2 Å². The fraction of sp³-hybridized carbons (Fsp3) is 0.190. The van der Waals surface area contributed by atoms with Gasteiger partial charge in [-0.3, -0.25) is 14.1 Å². The van der Waals surface area contributed by atoms with Crippen molar-refractivity contribution in [2.75, 3.05) is 5.73 Å². The molecular weight excluding hydrogens is 338 g/mol. The predicted octanol–water partition coefficient (Wildman–Crippen LogP) is 3.26. The first kappa shape index (κ1) is 16.9. The first-order valence-corrected chi connectivity index (χ1v) is 8.61. The molecule has 0 spiro atoms. The molecule has 2 N–H and O–H groups in total. The van der Waals surface area contributed by atoms with Crippen LogP contribution in [0.15, 0.2) is 53.5 Å². The zero-order chi connectivity index (χ0) is 19.3. The van der Waals surface area contributed by atoms with Crippen LogP contribution in [0.1, 0.15) is 19.4 Å². The van der Waals surface area contributed by atoms with Gasteiger partial charge in [-0.25, -0.2) is 4.79 Å². The van der Waals surface area contributed by atoms with Gasteiger partial charge < -0.3 is 5.73 Å². The van der Waals surface area contributed by atoms with Crippen molar-refractivity contribution in [2.45, 2.75) is 19.3 Å². The van der Waals surface area contributed by atoms with Crippen LogP contribution in [0.5, 0.6) is 0 Å². The second kappa shape index (κ2) is 5.71. The van der Waals surface area contributed by atoms with Crippen LogP contribution in [0, 0.1) is 11.3 Å². The molecule has 0 saturated carbocycles. The number of nitrogen functional groups attached to an aromatic ring is 1. The topological polar surface area (TPSA) is 89.6 Å². The van der Waals surface area contributed by atoms with Crippen molar-refractivity contribution in [1.29, 1.82) is 5.26 Å². The van der Waals surface area contributed by atoms with E-state index in [2.05, 4.69) is 11.1 Å². The van der Waals surface area contributed by atoms with Gasteiger partial charge in [0.15, 0.2) is 0 Å². The lowest BCUT2D eigenvalue weighted by Gasteiger charge is -2.16. The van der Waals surface area contributed by atoms with E-state index in [-0.39, 0.29) is 5.69 Å². The van der Waals surface area contributed by atoms with Crippen molar-refractivity contribution in [3.05, 3.63) is 64.7 Å². The molecule has 4 aromatic rings. The lowest BCUT2D eigenvalue weighted by molar-refractivity contribution is 0.686. The third-order valence-corrected chi connectivity index (χ3v) is 5.03. The van der Waals surface area contributed by atoms with Crippen LogP contribution >= 0.6 is 0 Å². The summed E-state index contributed by atoms with van der Waals surface area (Å²) in [6, 6.07) is 15.3. The number of fused-ring (bicyclic) bond motifs is 3. The Morgan fingerprint density at radius 1 is 1.15 bits per heavy atom. The summed E-state index contributed by atoms with van der Waals surface area (Å²) in [6.07, 6.45) is 1.71. The van der Waals surface area contributed by atoms with E-state index in [4.69, 9.17) is 5.73 Å². The Morgan fingerprint density at radius 2 is 1.85 bits per heavy atom. The van der Waals surface area contributed by atoms with Crippen molar-refractivity contribution in [3.63, 3.8) is 0 Å². The maximum atomic E-state index is 13.0. The molecule has 2 aromatic carbocycles. The smallest absolute Gasteiger partial charge is 0.333 e. The molecule has 2 aromatic heterocycles. The van der Waals surface area contributed by atoms with Crippen molar-refractivity contribution < 1.29 is 0 Å². The van der Waals surface area contributed by atoms with Gasteiger partial charge in [0, 0.05) is 18.1 Å². The second-order valence-corrected chi connectivity index (χ2v) is 7.23. The van der Waals surface area contributed by atoms with Crippen molar-refractivity contribution in [2.24, 2.45) is 7.05 Å². The molecule has 6 heteroatoms. The lowest BCUT2D eigenvalue weighted by Crippen LogP contribution is -2.21. The molecule has 0 bridgehead atoms. The number of hydrogen-bond acceptors (Lipinski definition) is 4. The lowest BCUT2D eigenvalue weighted by atomic mass is 9.86. The highest BCUT2D eigenvalue weighted by molar-refractivity contribution is 6.04. The van der Waals surface area contributed by atoms with E-state index in [1.165, 1.54) is 0 Å². The Bertz CT molecular complexity index is 1290. The van der Waals surface area contributed by atoms with Crippen LogP contribution in [0.25, 0.3) is 27.6 Å². The summed E-state index contributed by atoms with van der Waals surface area (Å²) in [5.41, 5.74) is 9.76. The highest BCUT2D eigenvalue weighted by Crippen LogP contribution is 2.28. The Balaban J connectivity index is 2.05. The molecule has 0 saturated heterocycles. The average molecular weight is 357 g/mol. The summed E-state index contributed by atoms with van der Waals surface area (Å²) in [5, 5.41) is 10.2. The molecule has 0 aliphatic carbocycles. The van der Waals surface area contributed by atoms with Gasteiger partial charge in [0.2, 0.25) is 0 Å². The summed E-state index contributed by atoms with van der Waals surface area (Å²) >= 11 is 0. The Morgan fingerprint density at radius 3 is 2.52 bits per heavy atom. The quantitative estimate of drug-likeness (QED) is 0.558. The first-order valence-electron chi connectivity index (χ1n) is 8.61. The first-order chi connectivity index (χ1) is 12.8. The molecule has 6 nitrogen and oxygen atoms in total. The number of aryl methyl sites for hydroxylation is 1. The molecule has 0 amide bonds. The van der Waals surface area contributed by atoms with Crippen molar-refractivity contribution in [1.82, 2.24) is 14.1 Å². The average Bonchev–Trinajstić information content (AvgIpc) is 2.93. The normalized spacial score (nSPS) is 11.8. The number of anilines is 1. The zero-order valence-corrected chi connectivity index (χ0v) is 15.4. The molecule has 0 radical (unpaired) electrons. The van der Waals surface area contributed by atoms with E-state index in [9.17, 15) is 10.1 Å². The largest absolute Gasteiger partial charge is 0.399 e. The number of benzene rings is 2. The minimum atomic E-state index is -0.590. The number of nitrogens with zero attached hydrogens (tertiary/aromatic N) is 4. The van der Waals surface area contributed by atoms with Crippen LogP contribution in [-0.2, 0) is 12.5 Å². The monoisotopic (exact) mass is 357 g/mol. The fourth-order valence-corrected chi connectivity index (χ4v) is 3.35. The number of imidazole rings is 1. The third kappa shape index (κ3) is 2.48. The van der Waals surface area contributed by atoms with Crippen LogP contribution in [0.4, 0.5) is 5.69 Å². The van der Waals surface area contributed by atoms with E-state index in [0.29, 0.717) is 5.69 Å². The molecule has 2 heterocycles. The van der Waals surface area contributed by atoms with Crippen LogP contribution in [-0.4, -0.2) is 14.1 Å². The maximum Gasteiger partial charge on any atom is 0.333 e. The van der Waals surface area contributed by atoms with Crippen LogP contribution in [0.3, 0.4) is 0 Å². The standard InChI is InChI=1S/C21H19N5O/c1-21(2,12-22)13-4-7-15(8-5-13)26-19-16-10-14(23)6-9-17(16)24-11-18(19)25(3)20(26)27/h4-11H,23H2,1-3H3. The summed E-state index contributed by atoms with van der Waals surface area (Å²) in [4.78, 5) is 17.4. The molecule has 0 unspecified atom stereocenters. The van der Waals surface area contributed by atoms with Gasteiger partial charge in [-0.2, -0.15) is 5.26 Å². The van der Waals surface area contributed by atoms with Crippen LogP contribution in [0.2, 0.25) is 0 Å².